The fourth-order valence-corrected chi connectivity index (χ4v) is 3.85. The molecule has 1 aromatic carbocycles. The van der Waals surface area contributed by atoms with E-state index in [9.17, 15) is 0 Å². The Morgan fingerprint density at radius 1 is 0.964 bits per heavy atom. The molecule has 0 saturated heterocycles. The van der Waals surface area contributed by atoms with E-state index < -0.39 is 0 Å². The predicted molar refractivity (Wildman–Crippen MR) is 114 cm³/mol. The predicted octanol–water partition coefficient (Wildman–Crippen LogP) is 4.83. The van der Waals surface area contributed by atoms with Crippen molar-refractivity contribution in [3.05, 3.63) is 84.8 Å². The lowest BCUT2D eigenvalue weighted by atomic mass is 9.97. The van der Waals surface area contributed by atoms with Crippen LogP contribution in [-0.4, -0.2) is 27.0 Å². The number of benzene rings is 1. The van der Waals surface area contributed by atoms with E-state index in [1.807, 2.05) is 36.7 Å². The van der Waals surface area contributed by atoms with Gasteiger partial charge in [0, 0.05) is 36.1 Å². The van der Waals surface area contributed by atoms with Crippen molar-refractivity contribution in [2.75, 3.05) is 6.54 Å². The number of aromatic nitrogens is 3. The van der Waals surface area contributed by atoms with E-state index in [4.69, 9.17) is 0 Å². The zero-order valence-electron chi connectivity index (χ0n) is 15.8. The first-order valence-corrected chi connectivity index (χ1v) is 9.70. The standard InChI is InChI=1S/C24H22N4/c1-17-13-19(7-10-25-17)20-9-12-28-23(16-27-24(28)15-20)21-8-11-26-22(14-21)18-5-3-2-4-6-18/h2-9,11-12,14-17,25H,10,13H2,1H3. The Hall–Kier alpha value is -3.24. The van der Waals surface area contributed by atoms with Crippen LogP contribution in [0.3, 0.4) is 0 Å². The molecule has 138 valence electrons. The smallest absolute Gasteiger partial charge is 0.137 e. The summed E-state index contributed by atoms with van der Waals surface area (Å²) in [7, 11) is 0. The molecule has 0 fully saturated rings. The van der Waals surface area contributed by atoms with Gasteiger partial charge in [-0.25, -0.2) is 4.98 Å². The maximum atomic E-state index is 4.67. The first-order valence-electron chi connectivity index (χ1n) is 9.70. The van der Waals surface area contributed by atoms with Crippen molar-refractivity contribution in [1.29, 1.82) is 0 Å². The molecule has 1 aliphatic heterocycles. The third-order valence-electron chi connectivity index (χ3n) is 5.35. The minimum absolute atomic E-state index is 0.514. The molecule has 4 heteroatoms. The maximum absolute atomic E-state index is 4.67. The molecule has 0 bridgehead atoms. The first kappa shape index (κ1) is 16.9. The number of nitrogens with zero attached hydrogens (tertiary/aromatic N) is 3. The van der Waals surface area contributed by atoms with Crippen LogP contribution >= 0.6 is 0 Å². The number of imidazole rings is 1. The maximum Gasteiger partial charge on any atom is 0.137 e. The van der Waals surface area contributed by atoms with Crippen LogP contribution in [0.2, 0.25) is 0 Å². The number of hydrogen-bond donors (Lipinski definition) is 1. The van der Waals surface area contributed by atoms with Crippen LogP contribution < -0.4 is 5.32 Å². The molecule has 1 unspecified atom stereocenters. The summed E-state index contributed by atoms with van der Waals surface area (Å²) in [6.07, 6.45) is 9.28. The van der Waals surface area contributed by atoms with Crippen molar-refractivity contribution >= 4 is 11.2 Å². The summed E-state index contributed by atoms with van der Waals surface area (Å²) in [4.78, 5) is 9.21. The van der Waals surface area contributed by atoms with Crippen LogP contribution in [0.5, 0.6) is 0 Å². The Morgan fingerprint density at radius 3 is 2.71 bits per heavy atom. The molecular formula is C24H22N4. The lowest BCUT2D eigenvalue weighted by Gasteiger charge is -2.21. The largest absolute Gasteiger partial charge is 0.310 e. The van der Waals surface area contributed by atoms with Crippen LogP contribution in [-0.2, 0) is 0 Å². The molecule has 4 heterocycles. The molecule has 0 amide bonds. The molecule has 4 aromatic rings. The molecule has 4 nitrogen and oxygen atoms in total. The highest BCUT2D eigenvalue weighted by Crippen LogP contribution is 2.28. The van der Waals surface area contributed by atoms with Gasteiger partial charge in [-0.05, 0) is 48.7 Å². The zero-order chi connectivity index (χ0) is 18.9. The SMILES string of the molecule is CC1CC(c2ccn3c(-c4ccnc(-c5ccccc5)c4)cnc3c2)=CCN1. The van der Waals surface area contributed by atoms with Crippen LogP contribution in [0.15, 0.2) is 79.3 Å². The van der Waals surface area contributed by atoms with Gasteiger partial charge in [0.15, 0.2) is 0 Å². The summed E-state index contributed by atoms with van der Waals surface area (Å²) >= 11 is 0. The van der Waals surface area contributed by atoms with Crippen LogP contribution in [0, 0.1) is 0 Å². The average molecular weight is 366 g/mol. The molecule has 1 atom stereocenters. The Morgan fingerprint density at radius 2 is 1.86 bits per heavy atom. The highest BCUT2D eigenvalue weighted by atomic mass is 15.0. The monoisotopic (exact) mass is 366 g/mol. The molecule has 0 aliphatic carbocycles. The fraction of sp³-hybridized carbons (Fsp3) is 0.167. The topological polar surface area (TPSA) is 42.2 Å². The van der Waals surface area contributed by atoms with Crippen molar-refractivity contribution < 1.29 is 0 Å². The lowest BCUT2D eigenvalue weighted by molar-refractivity contribution is 0.579. The molecule has 1 N–H and O–H groups in total. The number of pyridine rings is 2. The van der Waals surface area contributed by atoms with E-state index in [0.29, 0.717) is 6.04 Å². The summed E-state index contributed by atoms with van der Waals surface area (Å²) in [6.45, 7) is 3.16. The number of fused-ring (bicyclic) bond motifs is 1. The summed E-state index contributed by atoms with van der Waals surface area (Å²) < 4.78 is 2.15. The normalized spacial score (nSPS) is 16.9. The van der Waals surface area contributed by atoms with Gasteiger partial charge >= 0.3 is 0 Å². The van der Waals surface area contributed by atoms with Gasteiger partial charge in [-0.15, -0.1) is 0 Å². The van der Waals surface area contributed by atoms with Crippen molar-refractivity contribution in [1.82, 2.24) is 19.7 Å². The second-order valence-electron chi connectivity index (χ2n) is 7.33. The Balaban J connectivity index is 1.53. The van der Waals surface area contributed by atoms with Gasteiger partial charge in [-0.2, -0.15) is 0 Å². The Kier molecular flexibility index (Phi) is 4.26. The third kappa shape index (κ3) is 3.12. The van der Waals surface area contributed by atoms with Gasteiger partial charge < -0.3 is 5.32 Å². The molecule has 28 heavy (non-hydrogen) atoms. The minimum atomic E-state index is 0.514. The second kappa shape index (κ2) is 7.06. The van der Waals surface area contributed by atoms with Gasteiger partial charge in [0.25, 0.3) is 0 Å². The van der Waals surface area contributed by atoms with Crippen molar-refractivity contribution in [2.24, 2.45) is 0 Å². The number of nitrogens with one attached hydrogen (secondary N) is 1. The molecule has 3 aromatic heterocycles. The van der Waals surface area contributed by atoms with E-state index in [0.717, 1.165) is 41.1 Å². The van der Waals surface area contributed by atoms with Crippen LogP contribution in [0.25, 0.3) is 33.7 Å². The highest BCUT2D eigenvalue weighted by Gasteiger charge is 2.14. The van der Waals surface area contributed by atoms with E-state index in [1.54, 1.807) is 0 Å². The van der Waals surface area contributed by atoms with E-state index in [-0.39, 0.29) is 0 Å². The minimum Gasteiger partial charge on any atom is -0.310 e. The summed E-state index contributed by atoms with van der Waals surface area (Å²) in [5, 5.41) is 3.46. The molecular weight excluding hydrogens is 344 g/mol. The molecule has 1 aliphatic rings. The van der Waals surface area contributed by atoms with Gasteiger partial charge in [0.05, 0.1) is 17.6 Å². The molecule has 0 saturated carbocycles. The second-order valence-corrected chi connectivity index (χ2v) is 7.33. The molecule has 0 radical (unpaired) electrons. The lowest BCUT2D eigenvalue weighted by Crippen LogP contribution is -2.29. The average Bonchev–Trinajstić information content (AvgIpc) is 3.18. The third-order valence-corrected chi connectivity index (χ3v) is 5.35. The van der Waals surface area contributed by atoms with Crippen LogP contribution in [0.1, 0.15) is 18.9 Å². The zero-order valence-corrected chi connectivity index (χ0v) is 15.8. The van der Waals surface area contributed by atoms with Crippen molar-refractivity contribution in [3.63, 3.8) is 0 Å². The van der Waals surface area contributed by atoms with E-state index >= 15 is 0 Å². The fourth-order valence-electron chi connectivity index (χ4n) is 3.85. The van der Waals surface area contributed by atoms with Crippen LogP contribution in [0.4, 0.5) is 0 Å². The summed E-state index contributed by atoms with van der Waals surface area (Å²) in [5.41, 5.74) is 7.91. The van der Waals surface area contributed by atoms with Gasteiger partial charge in [-0.1, -0.05) is 36.4 Å². The Bertz CT molecular complexity index is 1160. The van der Waals surface area contributed by atoms with Gasteiger partial charge in [-0.3, -0.25) is 9.38 Å². The summed E-state index contributed by atoms with van der Waals surface area (Å²) in [5.74, 6) is 0. The number of hydrogen-bond acceptors (Lipinski definition) is 3. The molecule has 5 rings (SSSR count). The molecule has 0 spiro atoms. The quantitative estimate of drug-likeness (QED) is 0.565. The number of rotatable bonds is 3. The first-order chi connectivity index (χ1) is 13.8. The van der Waals surface area contributed by atoms with Crippen molar-refractivity contribution in [3.8, 4) is 22.5 Å². The van der Waals surface area contributed by atoms with Gasteiger partial charge in [0.2, 0.25) is 0 Å². The Labute approximate surface area is 164 Å². The van der Waals surface area contributed by atoms with E-state index in [2.05, 4.69) is 69.2 Å². The van der Waals surface area contributed by atoms with Crippen molar-refractivity contribution in [2.45, 2.75) is 19.4 Å². The van der Waals surface area contributed by atoms with E-state index in [1.165, 1.54) is 11.1 Å². The highest BCUT2D eigenvalue weighted by molar-refractivity contribution is 5.73. The van der Waals surface area contributed by atoms with Gasteiger partial charge in [0.1, 0.15) is 5.65 Å². The summed E-state index contributed by atoms with van der Waals surface area (Å²) in [6, 6.07) is 19.3.